The Balaban J connectivity index is 1.72. The van der Waals surface area contributed by atoms with E-state index in [2.05, 4.69) is 22.2 Å². The van der Waals surface area contributed by atoms with Crippen LogP contribution in [0, 0.1) is 0 Å². The lowest BCUT2D eigenvalue weighted by atomic mass is 10.2. The Labute approximate surface area is 117 Å². The largest absolute Gasteiger partial charge is 0.378 e. The van der Waals surface area contributed by atoms with Crippen LogP contribution in [0.15, 0.2) is 11.0 Å². The van der Waals surface area contributed by atoms with Gasteiger partial charge in [0.15, 0.2) is 0 Å². The summed E-state index contributed by atoms with van der Waals surface area (Å²) in [5.74, 6) is 0. The van der Waals surface area contributed by atoms with Gasteiger partial charge < -0.3 is 5.32 Å². The Morgan fingerprint density at radius 2 is 2.21 bits per heavy atom. The molecule has 0 amide bonds. The Morgan fingerprint density at radius 3 is 2.89 bits per heavy atom. The summed E-state index contributed by atoms with van der Waals surface area (Å²) in [6, 6.07) is 1.73. The van der Waals surface area contributed by atoms with Gasteiger partial charge in [-0.25, -0.2) is 4.68 Å². The average molecular weight is 283 g/mol. The zero-order valence-corrected chi connectivity index (χ0v) is 12.0. The van der Waals surface area contributed by atoms with Crippen molar-refractivity contribution in [3.8, 4) is 0 Å². The van der Waals surface area contributed by atoms with Gasteiger partial charge in [-0.1, -0.05) is 11.6 Å². The van der Waals surface area contributed by atoms with Gasteiger partial charge in [-0.15, -0.1) is 0 Å². The van der Waals surface area contributed by atoms with Crippen molar-refractivity contribution in [2.75, 3.05) is 11.9 Å². The van der Waals surface area contributed by atoms with Crippen LogP contribution in [-0.2, 0) is 7.05 Å². The van der Waals surface area contributed by atoms with E-state index in [0.717, 1.165) is 19.0 Å². The third-order valence-corrected chi connectivity index (χ3v) is 4.44. The van der Waals surface area contributed by atoms with Crippen LogP contribution in [0.5, 0.6) is 0 Å². The van der Waals surface area contributed by atoms with E-state index in [9.17, 15) is 4.79 Å². The summed E-state index contributed by atoms with van der Waals surface area (Å²) in [6.07, 6.45) is 5.37. The van der Waals surface area contributed by atoms with Crippen LogP contribution in [0.4, 0.5) is 5.69 Å². The average Bonchev–Trinajstić information content (AvgIpc) is 3.15. The Morgan fingerprint density at radius 1 is 1.47 bits per heavy atom. The Bertz CT molecular complexity index is 540. The van der Waals surface area contributed by atoms with Crippen LogP contribution in [0.25, 0.3) is 0 Å². The summed E-state index contributed by atoms with van der Waals surface area (Å²) in [5.41, 5.74) is 0.399. The second kappa shape index (κ2) is 4.80. The maximum atomic E-state index is 11.7. The summed E-state index contributed by atoms with van der Waals surface area (Å²) in [7, 11) is 1.60. The predicted molar refractivity (Wildman–Crippen MR) is 75.7 cm³/mol. The van der Waals surface area contributed by atoms with Crippen molar-refractivity contribution in [3.05, 3.63) is 21.6 Å². The SMILES string of the molecule is CC1CC(Nc2cnn(C)c(=O)c2Cl)CN1C1CC1. The summed E-state index contributed by atoms with van der Waals surface area (Å²) in [5, 5.41) is 7.61. The summed E-state index contributed by atoms with van der Waals surface area (Å²) in [6.45, 7) is 3.29. The molecule has 2 fully saturated rings. The number of likely N-dealkylation sites (tertiary alicyclic amines) is 1. The van der Waals surface area contributed by atoms with Crippen LogP contribution >= 0.6 is 11.6 Å². The van der Waals surface area contributed by atoms with Gasteiger partial charge in [0.05, 0.1) is 11.9 Å². The molecule has 6 heteroatoms. The van der Waals surface area contributed by atoms with Crippen molar-refractivity contribution in [2.45, 2.75) is 44.3 Å². The van der Waals surface area contributed by atoms with E-state index >= 15 is 0 Å². The highest BCUT2D eigenvalue weighted by atomic mass is 35.5. The molecule has 2 aliphatic rings. The molecule has 1 saturated carbocycles. The number of anilines is 1. The van der Waals surface area contributed by atoms with Crippen LogP contribution < -0.4 is 10.9 Å². The van der Waals surface area contributed by atoms with Crippen molar-refractivity contribution < 1.29 is 0 Å². The van der Waals surface area contributed by atoms with Gasteiger partial charge in [0.1, 0.15) is 5.02 Å². The first-order chi connectivity index (χ1) is 9.06. The number of halogens is 1. The van der Waals surface area contributed by atoms with Crippen molar-refractivity contribution in [1.29, 1.82) is 0 Å². The third kappa shape index (κ3) is 2.49. The van der Waals surface area contributed by atoms with Crippen molar-refractivity contribution >= 4 is 17.3 Å². The van der Waals surface area contributed by atoms with E-state index in [1.54, 1.807) is 13.2 Å². The van der Waals surface area contributed by atoms with E-state index < -0.39 is 0 Å². The lowest BCUT2D eigenvalue weighted by Gasteiger charge is -2.20. The quantitative estimate of drug-likeness (QED) is 0.912. The zero-order chi connectivity index (χ0) is 13.6. The number of aryl methyl sites for hydroxylation is 1. The van der Waals surface area contributed by atoms with Gasteiger partial charge in [0, 0.05) is 31.7 Å². The number of aromatic nitrogens is 2. The van der Waals surface area contributed by atoms with Gasteiger partial charge in [-0.3, -0.25) is 9.69 Å². The molecule has 0 radical (unpaired) electrons. The molecular formula is C13H19ClN4O. The summed E-state index contributed by atoms with van der Waals surface area (Å²) < 4.78 is 1.25. The molecule has 2 unspecified atom stereocenters. The van der Waals surface area contributed by atoms with Crippen LogP contribution in [0.2, 0.25) is 5.02 Å². The molecule has 1 aromatic heterocycles. The lowest BCUT2D eigenvalue weighted by molar-refractivity contribution is 0.257. The normalized spacial score (nSPS) is 27.7. The molecule has 2 heterocycles. The van der Waals surface area contributed by atoms with E-state index in [1.807, 2.05) is 0 Å². The Kier molecular flexibility index (Phi) is 3.27. The molecule has 1 saturated heterocycles. The molecule has 19 heavy (non-hydrogen) atoms. The van der Waals surface area contributed by atoms with Gasteiger partial charge in [0.25, 0.3) is 5.56 Å². The topological polar surface area (TPSA) is 50.2 Å². The summed E-state index contributed by atoms with van der Waals surface area (Å²) >= 11 is 6.08. The standard InChI is InChI=1S/C13H19ClN4O/c1-8-5-9(7-18(8)10-3-4-10)16-11-6-15-17(2)13(19)12(11)14/h6,8-10,16H,3-5,7H2,1-2H3. The molecule has 3 rings (SSSR count). The number of hydrogen-bond donors (Lipinski definition) is 1. The molecule has 1 N–H and O–H groups in total. The first kappa shape index (κ1) is 12.9. The first-order valence-electron chi connectivity index (χ1n) is 6.80. The van der Waals surface area contributed by atoms with Crippen molar-refractivity contribution in [1.82, 2.24) is 14.7 Å². The van der Waals surface area contributed by atoms with Gasteiger partial charge in [0.2, 0.25) is 0 Å². The minimum atomic E-state index is -0.253. The predicted octanol–water partition coefficient (Wildman–Crippen LogP) is 1.47. The van der Waals surface area contributed by atoms with Crippen molar-refractivity contribution in [2.24, 2.45) is 7.05 Å². The van der Waals surface area contributed by atoms with E-state index in [0.29, 0.717) is 17.8 Å². The summed E-state index contributed by atoms with van der Waals surface area (Å²) in [4.78, 5) is 14.3. The van der Waals surface area contributed by atoms with Crippen LogP contribution in [0.3, 0.4) is 0 Å². The fourth-order valence-corrected chi connectivity index (χ4v) is 3.13. The van der Waals surface area contributed by atoms with E-state index in [4.69, 9.17) is 11.6 Å². The third-order valence-electron chi connectivity index (χ3n) is 4.08. The molecular weight excluding hydrogens is 264 g/mol. The Hall–Kier alpha value is -1.07. The van der Waals surface area contributed by atoms with Crippen molar-refractivity contribution in [3.63, 3.8) is 0 Å². The number of nitrogens with zero attached hydrogens (tertiary/aromatic N) is 3. The maximum Gasteiger partial charge on any atom is 0.287 e. The van der Waals surface area contributed by atoms with Crippen LogP contribution in [-0.4, -0.2) is 39.4 Å². The minimum Gasteiger partial charge on any atom is -0.378 e. The maximum absolute atomic E-state index is 11.7. The molecule has 104 valence electrons. The number of hydrogen-bond acceptors (Lipinski definition) is 4. The highest BCUT2D eigenvalue weighted by Crippen LogP contribution is 2.34. The second-order valence-corrected chi connectivity index (χ2v) is 6.03. The fraction of sp³-hybridized carbons (Fsp3) is 0.692. The number of rotatable bonds is 3. The molecule has 1 aromatic rings. The minimum absolute atomic E-state index is 0.232. The molecule has 0 bridgehead atoms. The van der Waals surface area contributed by atoms with Gasteiger partial charge >= 0.3 is 0 Å². The van der Waals surface area contributed by atoms with Gasteiger partial charge in [-0.05, 0) is 26.2 Å². The molecule has 1 aliphatic heterocycles. The lowest BCUT2D eigenvalue weighted by Crippen LogP contribution is -2.31. The smallest absolute Gasteiger partial charge is 0.287 e. The van der Waals surface area contributed by atoms with E-state index in [-0.39, 0.29) is 10.6 Å². The van der Waals surface area contributed by atoms with Gasteiger partial charge in [-0.2, -0.15) is 5.10 Å². The first-order valence-corrected chi connectivity index (χ1v) is 7.18. The van der Waals surface area contributed by atoms with E-state index in [1.165, 1.54) is 17.5 Å². The second-order valence-electron chi connectivity index (χ2n) is 5.65. The fourth-order valence-electron chi connectivity index (χ4n) is 2.91. The molecule has 0 spiro atoms. The highest BCUT2D eigenvalue weighted by molar-refractivity contribution is 6.32. The van der Waals surface area contributed by atoms with Crippen LogP contribution in [0.1, 0.15) is 26.2 Å². The molecule has 1 aliphatic carbocycles. The highest BCUT2D eigenvalue weighted by Gasteiger charge is 2.38. The number of nitrogens with one attached hydrogen (secondary N) is 1. The molecule has 0 aromatic carbocycles. The zero-order valence-electron chi connectivity index (χ0n) is 11.3. The monoisotopic (exact) mass is 282 g/mol. The molecule has 2 atom stereocenters. The molecule has 5 nitrogen and oxygen atoms in total.